The van der Waals surface area contributed by atoms with E-state index in [1.54, 1.807) is 36.0 Å². The van der Waals surface area contributed by atoms with E-state index in [0.717, 1.165) is 4.90 Å². The molecule has 0 aliphatic heterocycles. The van der Waals surface area contributed by atoms with E-state index in [-0.39, 0.29) is 5.69 Å². The Bertz CT molecular complexity index is 700. The van der Waals surface area contributed by atoms with Crippen LogP contribution in [0.1, 0.15) is 10.4 Å². The second-order valence-electron chi connectivity index (χ2n) is 4.19. The maximum atomic E-state index is 11.8. The van der Waals surface area contributed by atoms with Crippen molar-refractivity contribution < 1.29 is 24.5 Å². The third-order valence-electron chi connectivity index (χ3n) is 2.76. The van der Waals surface area contributed by atoms with Crippen LogP contribution < -0.4 is 10.1 Å². The summed E-state index contributed by atoms with van der Waals surface area (Å²) in [7, 11) is 0. The first-order valence-corrected chi connectivity index (χ1v) is 7.42. The summed E-state index contributed by atoms with van der Waals surface area (Å²) in [6.45, 7) is 0. The van der Waals surface area contributed by atoms with Crippen LogP contribution >= 0.6 is 11.8 Å². The molecule has 3 N–H and O–H groups in total. The lowest BCUT2D eigenvalue weighted by atomic mass is 10.1. The summed E-state index contributed by atoms with van der Waals surface area (Å²) >= 11 is 1.56. The van der Waals surface area contributed by atoms with Crippen molar-refractivity contribution in [2.75, 3.05) is 11.6 Å². The van der Waals surface area contributed by atoms with Crippen LogP contribution in [0.3, 0.4) is 0 Å². The van der Waals surface area contributed by atoms with E-state index in [1.807, 2.05) is 6.26 Å². The highest BCUT2D eigenvalue weighted by Gasteiger charge is 2.17. The molecule has 0 aromatic heterocycles. The molecule has 0 heterocycles. The minimum Gasteiger partial charge on any atom is -0.507 e. The van der Waals surface area contributed by atoms with Gasteiger partial charge >= 0.3 is 12.1 Å². The van der Waals surface area contributed by atoms with Crippen molar-refractivity contribution in [1.29, 1.82) is 0 Å². The maximum Gasteiger partial charge on any atom is 0.417 e. The molecule has 0 radical (unpaired) electrons. The molecule has 0 bridgehead atoms. The van der Waals surface area contributed by atoms with E-state index in [9.17, 15) is 14.7 Å². The average Bonchev–Trinajstić information content (AvgIpc) is 2.47. The van der Waals surface area contributed by atoms with Crippen LogP contribution in [0.15, 0.2) is 47.4 Å². The molecule has 2 rings (SSSR count). The second-order valence-corrected chi connectivity index (χ2v) is 5.07. The van der Waals surface area contributed by atoms with Gasteiger partial charge in [-0.2, -0.15) is 0 Å². The third kappa shape index (κ3) is 3.70. The van der Waals surface area contributed by atoms with Gasteiger partial charge in [0.15, 0.2) is 0 Å². The molecule has 0 saturated heterocycles. The van der Waals surface area contributed by atoms with Gasteiger partial charge < -0.3 is 14.9 Å². The molecule has 1 amide bonds. The smallest absolute Gasteiger partial charge is 0.417 e. The zero-order chi connectivity index (χ0) is 16.1. The predicted octanol–water partition coefficient (Wildman–Crippen LogP) is 3.42. The van der Waals surface area contributed by atoms with Crippen LogP contribution in [-0.2, 0) is 0 Å². The number of carboxylic acids is 1. The molecule has 0 aliphatic carbocycles. The minimum absolute atomic E-state index is 0.0433. The molecule has 114 valence electrons. The molecule has 0 aliphatic rings. The number of carbonyl (C=O) groups is 2. The molecule has 0 unspecified atom stereocenters. The summed E-state index contributed by atoms with van der Waals surface area (Å²) < 4.78 is 5.06. The van der Waals surface area contributed by atoms with Crippen molar-refractivity contribution in [2.24, 2.45) is 0 Å². The highest BCUT2D eigenvalue weighted by atomic mass is 32.2. The zero-order valence-corrected chi connectivity index (χ0v) is 12.4. The second kappa shape index (κ2) is 6.86. The summed E-state index contributed by atoms with van der Waals surface area (Å²) in [5.41, 5.74) is -0.435. The monoisotopic (exact) mass is 319 g/mol. The predicted molar refractivity (Wildman–Crippen MR) is 82.9 cm³/mol. The number of rotatable bonds is 4. The molecule has 6 nitrogen and oxygen atoms in total. The average molecular weight is 319 g/mol. The van der Waals surface area contributed by atoms with E-state index in [1.165, 1.54) is 18.2 Å². The first-order chi connectivity index (χ1) is 10.5. The van der Waals surface area contributed by atoms with Gasteiger partial charge in [-0.1, -0.05) is 6.07 Å². The number of benzene rings is 2. The molecular weight excluding hydrogens is 306 g/mol. The first kappa shape index (κ1) is 15.7. The number of carboxylic acid groups (broad SMARTS) is 1. The van der Waals surface area contributed by atoms with Gasteiger partial charge in [-0.25, -0.2) is 9.59 Å². The quantitative estimate of drug-likeness (QED) is 0.747. The molecule has 2 aromatic carbocycles. The van der Waals surface area contributed by atoms with Gasteiger partial charge in [0.05, 0.1) is 5.69 Å². The van der Waals surface area contributed by atoms with Gasteiger partial charge in [0.25, 0.3) is 0 Å². The fourth-order valence-corrected chi connectivity index (χ4v) is 2.16. The summed E-state index contributed by atoms with van der Waals surface area (Å²) in [4.78, 5) is 23.9. The van der Waals surface area contributed by atoms with Gasteiger partial charge in [-0.05, 0) is 42.7 Å². The van der Waals surface area contributed by atoms with E-state index >= 15 is 0 Å². The van der Waals surface area contributed by atoms with Gasteiger partial charge in [-0.15, -0.1) is 11.8 Å². The fourth-order valence-electron chi connectivity index (χ4n) is 1.76. The van der Waals surface area contributed by atoms with Crippen LogP contribution in [-0.4, -0.2) is 28.5 Å². The Labute approximate surface area is 130 Å². The normalized spacial score (nSPS) is 10.0. The summed E-state index contributed by atoms with van der Waals surface area (Å²) in [5, 5.41) is 20.9. The Kier molecular flexibility index (Phi) is 4.90. The number of amides is 1. The van der Waals surface area contributed by atoms with Crippen molar-refractivity contribution in [3.05, 3.63) is 48.0 Å². The van der Waals surface area contributed by atoms with Gasteiger partial charge in [-0.3, -0.25) is 5.32 Å². The van der Waals surface area contributed by atoms with Crippen LogP contribution in [0.25, 0.3) is 0 Å². The largest absolute Gasteiger partial charge is 0.507 e. The van der Waals surface area contributed by atoms with Crippen molar-refractivity contribution in [2.45, 2.75) is 4.90 Å². The number of hydrogen-bond acceptors (Lipinski definition) is 5. The van der Waals surface area contributed by atoms with Gasteiger partial charge in [0.1, 0.15) is 17.1 Å². The topological polar surface area (TPSA) is 95.9 Å². The lowest BCUT2D eigenvalue weighted by molar-refractivity contribution is 0.0695. The highest BCUT2D eigenvalue weighted by Crippen LogP contribution is 2.26. The third-order valence-corrected chi connectivity index (χ3v) is 3.51. The van der Waals surface area contributed by atoms with Crippen molar-refractivity contribution in [1.82, 2.24) is 0 Å². The Balaban J connectivity index is 2.12. The first-order valence-electron chi connectivity index (χ1n) is 6.19. The Morgan fingerprint density at radius 3 is 2.41 bits per heavy atom. The molecular formula is C15H13NO5S. The van der Waals surface area contributed by atoms with Crippen LogP contribution in [0, 0.1) is 0 Å². The van der Waals surface area contributed by atoms with Gasteiger partial charge in [0, 0.05) is 4.90 Å². The number of carbonyl (C=O) groups excluding carboxylic acids is 1. The zero-order valence-electron chi connectivity index (χ0n) is 11.6. The van der Waals surface area contributed by atoms with E-state index in [2.05, 4.69) is 5.32 Å². The number of phenols is 1. The Morgan fingerprint density at radius 2 is 1.82 bits per heavy atom. The standard InChI is InChI=1S/C15H13NO5S/c1-22-10-7-5-9(6-8-10)21-15(20)16-11-3-2-4-12(17)13(11)14(18)19/h2-8,17H,1H3,(H,16,20)(H,18,19). The Hall–Kier alpha value is -2.67. The number of aromatic hydroxyl groups is 1. The SMILES string of the molecule is CSc1ccc(OC(=O)Nc2cccc(O)c2C(=O)O)cc1. The maximum absolute atomic E-state index is 11.8. The molecule has 0 spiro atoms. The van der Waals surface area contributed by atoms with Crippen LogP contribution in [0.4, 0.5) is 10.5 Å². The number of aromatic carboxylic acids is 1. The highest BCUT2D eigenvalue weighted by molar-refractivity contribution is 7.98. The van der Waals surface area contributed by atoms with E-state index in [0.29, 0.717) is 5.75 Å². The summed E-state index contributed by atoms with van der Waals surface area (Å²) in [6, 6.07) is 10.9. The number of anilines is 1. The van der Waals surface area contributed by atoms with Crippen molar-refractivity contribution in [3.8, 4) is 11.5 Å². The van der Waals surface area contributed by atoms with Crippen molar-refractivity contribution in [3.63, 3.8) is 0 Å². The minimum atomic E-state index is -1.35. The van der Waals surface area contributed by atoms with E-state index < -0.39 is 23.4 Å². The van der Waals surface area contributed by atoms with Crippen LogP contribution in [0.2, 0.25) is 0 Å². The lowest BCUT2D eigenvalue weighted by Gasteiger charge is -2.10. The fraction of sp³-hybridized carbons (Fsp3) is 0.0667. The van der Waals surface area contributed by atoms with Crippen LogP contribution in [0.5, 0.6) is 11.5 Å². The molecule has 22 heavy (non-hydrogen) atoms. The molecule has 0 atom stereocenters. The summed E-state index contributed by atoms with van der Waals surface area (Å²) in [6.07, 6.45) is 1.09. The molecule has 0 saturated carbocycles. The lowest BCUT2D eigenvalue weighted by Crippen LogP contribution is -2.18. The number of thioether (sulfide) groups is 1. The number of hydrogen-bond donors (Lipinski definition) is 3. The molecule has 2 aromatic rings. The van der Waals surface area contributed by atoms with Crippen molar-refractivity contribution >= 4 is 29.5 Å². The molecule has 7 heteroatoms. The Morgan fingerprint density at radius 1 is 1.14 bits per heavy atom. The summed E-state index contributed by atoms with van der Waals surface area (Å²) in [5.74, 6) is -1.46. The van der Waals surface area contributed by atoms with Gasteiger partial charge in [0.2, 0.25) is 0 Å². The van der Waals surface area contributed by atoms with E-state index in [4.69, 9.17) is 9.84 Å². The number of ether oxygens (including phenoxy) is 1. The number of nitrogens with one attached hydrogen (secondary N) is 1. The molecule has 0 fully saturated rings.